The van der Waals surface area contributed by atoms with Gasteiger partial charge in [0.25, 0.3) is 0 Å². The molecule has 1 N–H and O–H groups in total. The molecule has 0 atom stereocenters. The molecule has 3 rings (SSSR count). The van der Waals surface area contributed by atoms with Gasteiger partial charge in [-0.25, -0.2) is 9.97 Å². The Bertz CT molecular complexity index is 689. The van der Waals surface area contributed by atoms with Crippen LogP contribution in [0.3, 0.4) is 0 Å². The molecule has 0 saturated carbocycles. The summed E-state index contributed by atoms with van der Waals surface area (Å²) >= 11 is 0. The maximum atomic E-state index is 4.70. The number of fused-ring (bicyclic) bond motifs is 1. The highest BCUT2D eigenvalue weighted by atomic mass is 15.1. The van der Waals surface area contributed by atoms with Crippen molar-refractivity contribution in [1.29, 1.82) is 0 Å². The number of hydrogen-bond donors (Lipinski definition) is 1. The molecule has 0 amide bonds. The second-order valence-corrected chi connectivity index (χ2v) is 4.80. The molecule has 0 saturated heterocycles. The number of aromatic nitrogens is 3. The topological polar surface area (TPSA) is 42.7 Å². The molecule has 0 aliphatic heterocycles. The third kappa shape index (κ3) is 2.56. The van der Waals surface area contributed by atoms with Crippen molar-refractivity contribution in [3.8, 4) is 5.82 Å². The fourth-order valence-electron chi connectivity index (χ4n) is 2.30. The number of benzene rings is 1. The van der Waals surface area contributed by atoms with E-state index in [1.54, 1.807) is 12.5 Å². The van der Waals surface area contributed by atoms with Crippen molar-refractivity contribution < 1.29 is 0 Å². The normalized spacial score (nSPS) is 11.1. The summed E-state index contributed by atoms with van der Waals surface area (Å²) < 4.78 is 1.94. The Morgan fingerprint density at radius 2 is 2.15 bits per heavy atom. The summed E-state index contributed by atoms with van der Waals surface area (Å²) in [6.07, 6.45) is 6.60. The molecule has 0 radical (unpaired) electrons. The first-order valence-electron chi connectivity index (χ1n) is 6.96. The van der Waals surface area contributed by atoms with Crippen LogP contribution >= 0.6 is 0 Å². The number of pyridine rings is 1. The van der Waals surface area contributed by atoms with Crippen molar-refractivity contribution in [2.75, 3.05) is 6.54 Å². The van der Waals surface area contributed by atoms with E-state index in [1.165, 1.54) is 10.9 Å². The van der Waals surface area contributed by atoms with Gasteiger partial charge in [-0.05, 0) is 30.7 Å². The van der Waals surface area contributed by atoms with Crippen LogP contribution in [0, 0.1) is 0 Å². The zero-order chi connectivity index (χ0) is 13.8. The third-order valence-corrected chi connectivity index (χ3v) is 3.30. The predicted octanol–water partition coefficient (Wildman–Crippen LogP) is 2.92. The van der Waals surface area contributed by atoms with Gasteiger partial charge < -0.3 is 5.32 Å². The van der Waals surface area contributed by atoms with Crippen molar-refractivity contribution in [2.24, 2.45) is 0 Å². The van der Waals surface area contributed by atoms with Crippen molar-refractivity contribution in [1.82, 2.24) is 19.9 Å². The Kier molecular flexibility index (Phi) is 3.74. The minimum Gasteiger partial charge on any atom is -0.313 e. The van der Waals surface area contributed by atoms with Gasteiger partial charge in [0.1, 0.15) is 12.1 Å². The van der Waals surface area contributed by atoms with Crippen LogP contribution < -0.4 is 5.32 Å². The van der Waals surface area contributed by atoms with Crippen molar-refractivity contribution >= 4 is 10.9 Å². The highest BCUT2D eigenvalue weighted by molar-refractivity contribution is 5.83. The van der Waals surface area contributed by atoms with E-state index in [4.69, 9.17) is 4.98 Å². The van der Waals surface area contributed by atoms with Crippen LogP contribution in [-0.4, -0.2) is 21.1 Å². The minimum absolute atomic E-state index is 0.860. The van der Waals surface area contributed by atoms with Crippen molar-refractivity contribution in [2.45, 2.75) is 19.9 Å². The Morgan fingerprint density at radius 3 is 2.95 bits per heavy atom. The van der Waals surface area contributed by atoms with E-state index in [0.717, 1.165) is 30.8 Å². The molecule has 0 aliphatic carbocycles. The van der Waals surface area contributed by atoms with E-state index in [-0.39, 0.29) is 0 Å². The van der Waals surface area contributed by atoms with Gasteiger partial charge in [-0.2, -0.15) is 0 Å². The first-order chi connectivity index (χ1) is 9.88. The summed E-state index contributed by atoms with van der Waals surface area (Å²) in [5, 5.41) is 4.67. The van der Waals surface area contributed by atoms with Gasteiger partial charge in [-0.15, -0.1) is 0 Å². The standard InChI is InChI=1S/C16H18N4/c1-2-7-17-11-13-10-16(20-9-8-18-12-20)19-15-6-4-3-5-14(13)15/h3-6,8-10,12,17H,2,7,11H2,1H3. The van der Waals surface area contributed by atoms with Gasteiger partial charge in [-0.1, -0.05) is 25.1 Å². The van der Waals surface area contributed by atoms with Gasteiger partial charge in [-0.3, -0.25) is 4.57 Å². The second kappa shape index (κ2) is 5.84. The number of imidazole rings is 1. The average molecular weight is 266 g/mol. The summed E-state index contributed by atoms with van der Waals surface area (Å²) in [6.45, 7) is 4.06. The van der Waals surface area contributed by atoms with Gasteiger partial charge in [0.05, 0.1) is 5.52 Å². The lowest BCUT2D eigenvalue weighted by Gasteiger charge is -2.10. The van der Waals surface area contributed by atoms with E-state index in [9.17, 15) is 0 Å². The molecule has 3 aromatic rings. The first-order valence-corrected chi connectivity index (χ1v) is 6.96. The van der Waals surface area contributed by atoms with E-state index in [2.05, 4.69) is 41.5 Å². The summed E-state index contributed by atoms with van der Waals surface area (Å²) in [5.41, 5.74) is 2.29. The molecule has 0 spiro atoms. The summed E-state index contributed by atoms with van der Waals surface area (Å²) in [6, 6.07) is 10.4. The van der Waals surface area contributed by atoms with Crippen molar-refractivity contribution in [3.63, 3.8) is 0 Å². The molecule has 20 heavy (non-hydrogen) atoms. The number of para-hydroxylation sites is 1. The van der Waals surface area contributed by atoms with E-state index >= 15 is 0 Å². The molecule has 4 heteroatoms. The van der Waals surface area contributed by atoms with Gasteiger partial charge in [0, 0.05) is 24.3 Å². The Balaban J connectivity index is 2.05. The first kappa shape index (κ1) is 12.8. The molecule has 4 nitrogen and oxygen atoms in total. The second-order valence-electron chi connectivity index (χ2n) is 4.80. The molecular weight excluding hydrogens is 248 g/mol. The zero-order valence-electron chi connectivity index (χ0n) is 11.6. The molecule has 0 bridgehead atoms. The Morgan fingerprint density at radius 1 is 1.25 bits per heavy atom. The van der Waals surface area contributed by atoms with Gasteiger partial charge >= 0.3 is 0 Å². The molecule has 0 unspecified atom stereocenters. The van der Waals surface area contributed by atoms with Gasteiger partial charge in [0.2, 0.25) is 0 Å². The molecule has 102 valence electrons. The summed E-state index contributed by atoms with van der Waals surface area (Å²) in [7, 11) is 0. The monoisotopic (exact) mass is 266 g/mol. The van der Waals surface area contributed by atoms with E-state index < -0.39 is 0 Å². The number of nitrogens with one attached hydrogen (secondary N) is 1. The Labute approximate surface area is 118 Å². The molecule has 0 aliphatic rings. The van der Waals surface area contributed by atoms with Crippen LogP contribution in [0.4, 0.5) is 0 Å². The van der Waals surface area contributed by atoms with Gasteiger partial charge in [0.15, 0.2) is 0 Å². The van der Waals surface area contributed by atoms with Crippen LogP contribution in [0.5, 0.6) is 0 Å². The predicted molar refractivity (Wildman–Crippen MR) is 80.9 cm³/mol. The maximum Gasteiger partial charge on any atom is 0.138 e. The van der Waals surface area contributed by atoms with Crippen LogP contribution in [0.2, 0.25) is 0 Å². The molecule has 1 aromatic carbocycles. The van der Waals surface area contributed by atoms with Crippen molar-refractivity contribution in [3.05, 3.63) is 54.6 Å². The van der Waals surface area contributed by atoms with Crippen LogP contribution in [0.25, 0.3) is 16.7 Å². The molecule has 2 aromatic heterocycles. The van der Waals surface area contributed by atoms with Crippen LogP contribution in [0.1, 0.15) is 18.9 Å². The number of rotatable bonds is 5. The third-order valence-electron chi connectivity index (χ3n) is 3.30. The smallest absolute Gasteiger partial charge is 0.138 e. The quantitative estimate of drug-likeness (QED) is 0.722. The zero-order valence-corrected chi connectivity index (χ0v) is 11.6. The lowest BCUT2D eigenvalue weighted by Crippen LogP contribution is -2.14. The Hall–Kier alpha value is -2.20. The highest BCUT2D eigenvalue weighted by Gasteiger charge is 2.06. The lowest BCUT2D eigenvalue weighted by molar-refractivity contribution is 0.677. The molecule has 0 fully saturated rings. The van der Waals surface area contributed by atoms with Crippen LogP contribution in [0.15, 0.2) is 49.1 Å². The highest BCUT2D eigenvalue weighted by Crippen LogP contribution is 2.20. The maximum absolute atomic E-state index is 4.70. The SMILES string of the molecule is CCCNCc1cc(-n2ccnc2)nc2ccccc12. The van der Waals surface area contributed by atoms with E-state index in [0.29, 0.717) is 0 Å². The molecule has 2 heterocycles. The number of hydrogen-bond acceptors (Lipinski definition) is 3. The van der Waals surface area contributed by atoms with E-state index in [1.807, 2.05) is 16.8 Å². The molecular formula is C16H18N4. The lowest BCUT2D eigenvalue weighted by atomic mass is 10.1. The fourth-order valence-corrected chi connectivity index (χ4v) is 2.30. The summed E-state index contributed by atoms with van der Waals surface area (Å²) in [4.78, 5) is 8.79. The average Bonchev–Trinajstić information content (AvgIpc) is 3.01. The number of nitrogens with zero attached hydrogens (tertiary/aromatic N) is 3. The summed E-state index contributed by atoms with van der Waals surface area (Å²) in [5.74, 6) is 0.912. The fraction of sp³-hybridized carbons (Fsp3) is 0.250. The van der Waals surface area contributed by atoms with Crippen LogP contribution in [-0.2, 0) is 6.54 Å². The minimum atomic E-state index is 0.860. The largest absolute Gasteiger partial charge is 0.313 e.